The summed E-state index contributed by atoms with van der Waals surface area (Å²) in [5.74, 6) is 1.72. The second kappa shape index (κ2) is 9.77. The van der Waals surface area contributed by atoms with E-state index in [4.69, 9.17) is 0 Å². The van der Waals surface area contributed by atoms with Gasteiger partial charge >= 0.3 is 0 Å². The summed E-state index contributed by atoms with van der Waals surface area (Å²) < 4.78 is 0. The second-order valence-corrected chi connectivity index (χ2v) is 5.73. The number of amides is 1. The molecule has 1 aliphatic rings. The van der Waals surface area contributed by atoms with Gasteiger partial charge in [0.1, 0.15) is 0 Å². The topological polar surface area (TPSA) is 41.1 Å². The van der Waals surface area contributed by atoms with Crippen LogP contribution in [0.2, 0.25) is 0 Å². The van der Waals surface area contributed by atoms with Crippen molar-refractivity contribution in [1.82, 2.24) is 10.6 Å². The maximum atomic E-state index is 11.8. The van der Waals surface area contributed by atoms with Gasteiger partial charge in [-0.15, -0.1) is 0 Å². The van der Waals surface area contributed by atoms with E-state index in [0.29, 0.717) is 0 Å². The van der Waals surface area contributed by atoms with Crippen molar-refractivity contribution in [3.63, 3.8) is 0 Å². The third-order valence-corrected chi connectivity index (χ3v) is 3.94. The third kappa shape index (κ3) is 6.94. The Hall–Kier alpha value is -0.220. The number of hydrogen-bond acceptors (Lipinski definition) is 3. The van der Waals surface area contributed by atoms with Gasteiger partial charge in [-0.3, -0.25) is 4.79 Å². The van der Waals surface area contributed by atoms with Crippen LogP contribution in [0.1, 0.15) is 38.5 Å². The minimum absolute atomic E-state index is 0.209. The fourth-order valence-corrected chi connectivity index (χ4v) is 2.65. The minimum atomic E-state index is 0.209. The summed E-state index contributed by atoms with van der Waals surface area (Å²) >= 11 is 1.91. The molecule has 100 valence electrons. The van der Waals surface area contributed by atoms with Crippen molar-refractivity contribution in [2.24, 2.45) is 5.92 Å². The molecule has 0 unspecified atom stereocenters. The monoisotopic (exact) mass is 258 g/mol. The minimum Gasteiger partial charge on any atom is -0.356 e. The van der Waals surface area contributed by atoms with Crippen LogP contribution >= 0.6 is 11.8 Å². The lowest BCUT2D eigenvalue weighted by atomic mass is 9.99. The van der Waals surface area contributed by atoms with Crippen molar-refractivity contribution < 1.29 is 4.79 Å². The number of piperidine rings is 1. The number of rotatable bonds is 8. The molecule has 0 spiro atoms. The zero-order chi connectivity index (χ0) is 12.3. The van der Waals surface area contributed by atoms with E-state index >= 15 is 0 Å². The normalized spacial score (nSPS) is 20.2. The van der Waals surface area contributed by atoms with E-state index in [1.807, 2.05) is 11.8 Å². The quantitative estimate of drug-likeness (QED) is 0.655. The largest absolute Gasteiger partial charge is 0.356 e. The van der Waals surface area contributed by atoms with Crippen LogP contribution in [0.5, 0.6) is 0 Å². The molecule has 1 amide bonds. The zero-order valence-electron chi connectivity index (χ0n) is 11.0. The molecule has 0 aliphatic carbocycles. The van der Waals surface area contributed by atoms with Crippen LogP contribution in [0.4, 0.5) is 0 Å². The van der Waals surface area contributed by atoms with Crippen molar-refractivity contribution in [2.45, 2.75) is 38.5 Å². The third-order valence-electron chi connectivity index (χ3n) is 3.24. The zero-order valence-corrected chi connectivity index (χ0v) is 11.8. The summed E-state index contributed by atoms with van der Waals surface area (Å²) in [6.45, 7) is 2.79. The number of carbonyl (C=O) groups excluding carboxylic acids is 1. The molecule has 1 saturated heterocycles. The maximum absolute atomic E-state index is 11.8. The molecule has 0 aromatic heterocycles. The average molecular weight is 258 g/mol. The molecule has 1 atom stereocenters. The van der Waals surface area contributed by atoms with Gasteiger partial charge in [-0.1, -0.05) is 12.8 Å². The van der Waals surface area contributed by atoms with Gasteiger partial charge in [0.15, 0.2) is 0 Å². The SMILES string of the molecule is CSCCCCCCNC(=O)[C@H]1CCCNC1. The summed E-state index contributed by atoms with van der Waals surface area (Å²) in [5.41, 5.74) is 0. The Morgan fingerprint density at radius 1 is 1.35 bits per heavy atom. The highest BCUT2D eigenvalue weighted by Crippen LogP contribution is 2.09. The van der Waals surface area contributed by atoms with E-state index < -0.39 is 0 Å². The lowest BCUT2D eigenvalue weighted by Gasteiger charge is -2.21. The first-order chi connectivity index (χ1) is 8.34. The van der Waals surface area contributed by atoms with Crippen LogP contribution < -0.4 is 10.6 Å². The molecule has 1 heterocycles. The van der Waals surface area contributed by atoms with Crippen LogP contribution in [0, 0.1) is 5.92 Å². The van der Waals surface area contributed by atoms with Gasteiger partial charge in [0.2, 0.25) is 5.91 Å². The van der Waals surface area contributed by atoms with Crippen LogP contribution in [-0.2, 0) is 4.79 Å². The summed E-state index contributed by atoms with van der Waals surface area (Å²) in [5, 5.41) is 6.34. The molecule has 2 N–H and O–H groups in total. The lowest BCUT2D eigenvalue weighted by Crippen LogP contribution is -2.40. The van der Waals surface area contributed by atoms with Crippen LogP contribution in [-0.4, -0.2) is 37.6 Å². The predicted octanol–water partition coefficient (Wildman–Crippen LogP) is 2.03. The van der Waals surface area contributed by atoms with E-state index in [2.05, 4.69) is 16.9 Å². The molecule has 4 heteroatoms. The van der Waals surface area contributed by atoms with Crippen LogP contribution in [0.15, 0.2) is 0 Å². The molecule has 1 aliphatic heterocycles. The Labute approximate surface area is 109 Å². The fourth-order valence-electron chi connectivity index (χ4n) is 2.16. The molecule has 0 bridgehead atoms. The standard InChI is InChI=1S/C13H26N2OS/c1-17-10-5-3-2-4-9-15-13(16)12-7-6-8-14-11-12/h12,14H,2-11H2,1H3,(H,15,16)/t12-/m0/s1. The second-order valence-electron chi connectivity index (χ2n) is 4.74. The smallest absolute Gasteiger partial charge is 0.224 e. The molecule has 17 heavy (non-hydrogen) atoms. The Balaban J connectivity index is 1.92. The molecular formula is C13H26N2OS. The van der Waals surface area contributed by atoms with E-state index in [0.717, 1.165) is 38.9 Å². The highest BCUT2D eigenvalue weighted by Gasteiger charge is 2.19. The van der Waals surface area contributed by atoms with E-state index in [9.17, 15) is 4.79 Å². The van der Waals surface area contributed by atoms with Gasteiger partial charge < -0.3 is 10.6 Å². The maximum Gasteiger partial charge on any atom is 0.224 e. The lowest BCUT2D eigenvalue weighted by molar-refractivity contribution is -0.125. The fraction of sp³-hybridized carbons (Fsp3) is 0.923. The molecule has 0 aromatic rings. The number of unbranched alkanes of at least 4 members (excludes halogenated alkanes) is 3. The number of nitrogens with one attached hydrogen (secondary N) is 2. The Bertz CT molecular complexity index is 206. The van der Waals surface area contributed by atoms with Crippen LogP contribution in [0.3, 0.4) is 0 Å². The Morgan fingerprint density at radius 3 is 2.88 bits per heavy atom. The van der Waals surface area contributed by atoms with Crippen molar-refractivity contribution in [3.8, 4) is 0 Å². The summed E-state index contributed by atoms with van der Waals surface area (Å²) in [6.07, 6.45) is 9.30. The summed E-state index contributed by atoms with van der Waals surface area (Å²) in [7, 11) is 0. The predicted molar refractivity (Wildman–Crippen MR) is 75.5 cm³/mol. The highest BCUT2D eigenvalue weighted by atomic mass is 32.2. The van der Waals surface area contributed by atoms with Gasteiger partial charge in [0.05, 0.1) is 5.92 Å². The number of hydrogen-bond donors (Lipinski definition) is 2. The molecule has 3 nitrogen and oxygen atoms in total. The van der Waals surface area contributed by atoms with Crippen molar-refractivity contribution in [1.29, 1.82) is 0 Å². The highest BCUT2D eigenvalue weighted by molar-refractivity contribution is 7.98. The van der Waals surface area contributed by atoms with Gasteiger partial charge in [-0.2, -0.15) is 11.8 Å². The average Bonchev–Trinajstić information content (AvgIpc) is 2.38. The van der Waals surface area contributed by atoms with Crippen molar-refractivity contribution >= 4 is 17.7 Å². The van der Waals surface area contributed by atoms with Gasteiger partial charge in [0, 0.05) is 13.1 Å². The van der Waals surface area contributed by atoms with E-state index in [1.54, 1.807) is 0 Å². The van der Waals surface area contributed by atoms with Crippen molar-refractivity contribution in [3.05, 3.63) is 0 Å². The van der Waals surface area contributed by atoms with Gasteiger partial charge in [0.25, 0.3) is 0 Å². The van der Waals surface area contributed by atoms with Gasteiger partial charge in [-0.05, 0) is 44.2 Å². The molecular weight excluding hydrogens is 232 g/mol. The Morgan fingerprint density at radius 2 is 2.18 bits per heavy atom. The first-order valence-corrected chi connectivity index (χ1v) is 8.21. The first-order valence-electron chi connectivity index (χ1n) is 6.82. The summed E-state index contributed by atoms with van der Waals surface area (Å²) in [6, 6.07) is 0. The first kappa shape index (κ1) is 14.8. The molecule has 0 aromatic carbocycles. The van der Waals surface area contributed by atoms with Crippen LogP contribution in [0.25, 0.3) is 0 Å². The van der Waals surface area contributed by atoms with E-state index in [-0.39, 0.29) is 11.8 Å². The molecule has 1 rings (SSSR count). The number of carbonyl (C=O) groups is 1. The van der Waals surface area contributed by atoms with Crippen molar-refractivity contribution in [2.75, 3.05) is 31.6 Å². The number of thioether (sulfide) groups is 1. The molecule has 1 fully saturated rings. The molecule has 0 saturated carbocycles. The van der Waals surface area contributed by atoms with Gasteiger partial charge in [-0.25, -0.2) is 0 Å². The Kier molecular flexibility index (Phi) is 8.53. The van der Waals surface area contributed by atoms with E-state index in [1.165, 1.54) is 25.0 Å². The summed E-state index contributed by atoms with van der Waals surface area (Å²) in [4.78, 5) is 11.8. The molecule has 0 radical (unpaired) electrons.